The van der Waals surface area contributed by atoms with Crippen molar-refractivity contribution in [2.45, 2.75) is 13.1 Å². The summed E-state index contributed by atoms with van der Waals surface area (Å²) in [5, 5.41) is 13.4. The number of methoxy groups -OCH3 is 2. The van der Waals surface area contributed by atoms with Gasteiger partial charge in [-0.05, 0) is 17.7 Å². The molecule has 0 saturated heterocycles. The molecule has 30 heavy (non-hydrogen) atoms. The smallest absolute Gasteiger partial charge is 0.273 e. The second-order valence-electron chi connectivity index (χ2n) is 6.33. The highest BCUT2D eigenvalue weighted by atomic mass is 16.5. The second kappa shape index (κ2) is 10.1. The Kier molecular flexibility index (Phi) is 6.99. The molecule has 0 aliphatic rings. The Morgan fingerprint density at radius 3 is 2.50 bits per heavy atom. The van der Waals surface area contributed by atoms with E-state index in [4.69, 9.17) is 9.47 Å². The van der Waals surface area contributed by atoms with Crippen LogP contribution >= 0.6 is 0 Å². The number of rotatable bonds is 9. The molecule has 0 spiro atoms. The number of para-hydroxylation sites is 1. The molecular formula is C21H23N5O4. The summed E-state index contributed by atoms with van der Waals surface area (Å²) in [6.07, 6.45) is 1.54. The van der Waals surface area contributed by atoms with Crippen molar-refractivity contribution in [2.24, 2.45) is 0 Å². The molecule has 2 aromatic carbocycles. The minimum atomic E-state index is -0.310. The molecule has 0 fully saturated rings. The monoisotopic (exact) mass is 409 g/mol. The van der Waals surface area contributed by atoms with Crippen molar-refractivity contribution in [3.05, 3.63) is 71.5 Å². The Labute approximate surface area is 174 Å². The van der Waals surface area contributed by atoms with Crippen LogP contribution in [0.15, 0.2) is 54.7 Å². The van der Waals surface area contributed by atoms with Gasteiger partial charge in [0.1, 0.15) is 0 Å². The van der Waals surface area contributed by atoms with Gasteiger partial charge in [-0.2, -0.15) is 0 Å². The highest BCUT2D eigenvalue weighted by molar-refractivity contribution is 5.97. The fourth-order valence-corrected chi connectivity index (χ4v) is 2.83. The first kappa shape index (κ1) is 20.8. The molecule has 0 atom stereocenters. The fraction of sp³-hybridized carbons (Fsp3) is 0.238. The van der Waals surface area contributed by atoms with Gasteiger partial charge in [0.2, 0.25) is 0 Å². The number of nitrogens with zero attached hydrogens (tertiary/aromatic N) is 3. The van der Waals surface area contributed by atoms with Crippen LogP contribution < -0.4 is 20.1 Å². The van der Waals surface area contributed by atoms with Gasteiger partial charge >= 0.3 is 0 Å². The van der Waals surface area contributed by atoms with Gasteiger partial charge in [0.15, 0.2) is 17.2 Å². The highest BCUT2D eigenvalue weighted by Crippen LogP contribution is 2.30. The van der Waals surface area contributed by atoms with Crippen LogP contribution in [0.25, 0.3) is 0 Å². The molecule has 0 saturated carbocycles. The number of ether oxygens (including phenoxy) is 2. The molecule has 2 N–H and O–H groups in total. The molecule has 156 valence electrons. The summed E-state index contributed by atoms with van der Waals surface area (Å²) in [5.74, 6) is 0.241. The van der Waals surface area contributed by atoms with Crippen LogP contribution in [0.1, 0.15) is 26.4 Å². The van der Waals surface area contributed by atoms with Crippen molar-refractivity contribution in [1.29, 1.82) is 0 Å². The second-order valence-corrected chi connectivity index (χ2v) is 6.33. The number of hydrogen-bond acceptors (Lipinski definition) is 6. The van der Waals surface area contributed by atoms with Gasteiger partial charge in [-0.1, -0.05) is 41.6 Å². The predicted octanol–water partition coefficient (Wildman–Crippen LogP) is 1.66. The van der Waals surface area contributed by atoms with E-state index in [1.54, 1.807) is 24.4 Å². The quantitative estimate of drug-likeness (QED) is 0.557. The number of aromatic nitrogens is 3. The molecular weight excluding hydrogens is 386 g/mol. The molecule has 9 heteroatoms. The Hall–Kier alpha value is -3.88. The Morgan fingerprint density at radius 1 is 0.967 bits per heavy atom. The molecule has 3 rings (SSSR count). The van der Waals surface area contributed by atoms with E-state index in [-0.39, 0.29) is 17.5 Å². The van der Waals surface area contributed by atoms with Crippen molar-refractivity contribution >= 4 is 11.8 Å². The van der Waals surface area contributed by atoms with Crippen LogP contribution in [0.2, 0.25) is 0 Å². The number of amides is 2. The van der Waals surface area contributed by atoms with Crippen LogP contribution in [0.3, 0.4) is 0 Å². The third-order valence-corrected chi connectivity index (χ3v) is 4.34. The molecule has 1 heterocycles. The average Bonchev–Trinajstić information content (AvgIpc) is 3.26. The zero-order valence-electron chi connectivity index (χ0n) is 16.8. The summed E-state index contributed by atoms with van der Waals surface area (Å²) in [4.78, 5) is 24.7. The minimum absolute atomic E-state index is 0.215. The van der Waals surface area contributed by atoms with Crippen LogP contribution in [-0.4, -0.2) is 47.6 Å². The largest absolute Gasteiger partial charge is 0.493 e. The van der Waals surface area contributed by atoms with Crippen molar-refractivity contribution < 1.29 is 19.1 Å². The summed E-state index contributed by atoms with van der Waals surface area (Å²) in [6, 6.07) is 14.7. The van der Waals surface area contributed by atoms with E-state index in [0.717, 1.165) is 5.56 Å². The topological polar surface area (TPSA) is 107 Å². The lowest BCUT2D eigenvalue weighted by atomic mass is 10.1. The summed E-state index contributed by atoms with van der Waals surface area (Å²) in [5.41, 5.74) is 1.58. The van der Waals surface area contributed by atoms with Crippen molar-refractivity contribution in [3.63, 3.8) is 0 Å². The molecule has 3 aromatic rings. The maximum atomic E-state index is 12.5. The molecule has 0 radical (unpaired) electrons. The van der Waals surface area contributed by atoms with Gasteiger partial charge in [0, 0.05) is 13.1 Å². The Balaban J connectivity index is 1.51. The van der Waals surface area contributed by atoms with Crippen molar-refractivity contribution in [1.82, 2.24) is 25.6 Å². The van der Waals surface area contributed by atoms with E-state index in [2.05, 4.69) is 20.9 Å². The van der Waals surface area contributed by atoms with E-state index < -0.39 is 0 Å². The number of hydrogen-bond donors (Lipinski definition) is 2. The van der Waals surface area contributed by atoms with Gasteiger partial charge < -0.3 is 20.1 Å². The van der Waals surface area contributed by atoms with E-state index in [9.17, 15) is 9.59 Å². The van der Waals surface area contributed by atoms with Crippen LogP contribution in [0.4, 0.5) is 0 Å². The van der Waals surface area contributed by atoms with Gasteiger partial charge in [0.05, 0.1) is 32.5 Å². The minimum Gasteiger partial charge on any atom is -0.493 e. The highest BCUT2D eigenvalue weighted by Gasteiger charge is 2.16. The van der Waals surface area contributed by atoms with Crippen molar-refractivity contribution in [2.75, 3.05) is 20.8 Å². The molecule has 9 nitrogen and oxygen atoms in total. The van der Waals surface area contributed by atoms with Crippen LogP contribution in [0, 0.1) is 0 Å². The Morgan fingerprint density at radius 2 is 1.77 bits per heavy atom. The fourth-order valence-electron chi connectivity index (χ4n) is 2.83. The van der Waals surface area contributed by atoms with Crippen LogP contribution in [0.5, 0.6) is 11.5 Å². The first-order valence-corrected chi connectivity index (χ1v) is 9.34. The standard InChI is InChI=1S/C21H23N5O4/c1-29-18-10-6-9-16(19(18)30-2)20(27)22-11-12-26-14-17(24-25-26)21(28)23-13-15-7-4-3-5-8-15/h3-10,14H,11-13H2,1-2H3,(H,22,27)(H,23,28). The molecule has 0 bridgehead atoms. The molecule has 1 aromatic heterocycles. The lowest BCUT2D eigenvalue weighted by Gasteiger charge is -2.12. The summed E-state index contributed by atoms with van der Waals surface area (Å²) < 4.78 is 12.0. The van der Waals surface area contributed by atoms with E-state index in [1.165, 1.54) is 18.9 Å². The predicted molar refractivity (Wildman–Crippen MR) is 110 cm³/mol. The molecule has 0 unspecified atom stereocenters. The zero-order valence-corrected chi connectivity index (χ0v) is 16.8. The number of carbonyl (C=O) groups is 2. The molecule has 0 aliphatic carbocycles. The zero-order chi connectivity index (χ0) is 21.3. The van der Waals surface area contributed by atoms with Crippen LogP contribution in [-0.2, 0) is 13.1 Å². The average molecular weight is 409 g/mol. The summed E-state index contributed by atoms with van der Waals surface area (Å²) in [7, 11) is 2.99. The molecule has 2 amide bonds. The maximum absolute atomic E-state index is 12.5. The molecule has 0 aliphatic heterocycles. The lowest BCUT2D eigenvalue weighted by molar-refractivity contribution is 0.0938. The first-order valence-electron chi connectivity index (χ1n) is 9.34. The van der Waals surface area contributed by atoms with Crippen molar-refractivity contribution in [3.8, 4) is 11.5 Å². The number of nitrogens with one attached hydrogen (secondary N) is 2. The lowest BCUT2D eigenvalue weighted by Crippen LogP contribution is -2.28. The number of carbonyl (C=O) groups excluding carboxylic acids is 2. The SMILES string of the molecule is COc1cccc(C(=O)NCCn2cc(C(=O)NCc3ccccc3)nn2)c1OC. The van der Waals surface area contributed by atoms with Gasteiger partial charge in [-0.3, -0.25) is 9.59 Å². The third-order valence-electron chi connectivity index (χ3n) is 4.34. The van der Waals surface area contributed by atoms with E-state index in [1.807, 2.05) is 30.3 Å². The van der Waals surface area contributed by atoms with E-state index >= 15 is 0 Å². The summed E-state index contributed by atoms with van der Waals surface area (Å²) in [6.45, 7) is 1.07. The van der Waals surface area contributed by atoms with Gasteiger partial charge in [-0.25, -0.2) is 4.68 Å². The Bertz CT molecular complexity index is 1000. The number of benzene rings is 2. The normalized spacial score (nSPS) is 10.3. The van der Waals surface area contributed by atoms with Gasteiger partial charge in [-0.15, -0.1) is 5.10 Å². The first-order chi connectivity index (χ1) is 14.6. The van der Waals surface area contributed by atoms with Gasteiger partial charge in [0.25, 0.3) is 11.8 Å². The van der Waals surface area contributed by atoms with E-state index in [0.29, 0.717) is 36.7 Å². The summed E-state index contributed by atoms with van der Waals surface area (Å²) >= 11 is 0. The third kappa shape index (κ3) is 5.13. The maximum Gasteiger partial charge on any atom is 0.273 e.